The van der Waals surface area contributed by atoms with Crippen molar-refractivity contribution >= 4 is 14.6 Å². The summed E-state index contributed by atoms with van der Waals surface area (Å²) in [5, 5.41) is 21.5. The summed E-state index contributed by atoms with van der Waals surface area (Å²) in [6.45, 7) is 9.59. The van der Waals surface area contributed by atoms with Crippen molar-refractivity contribution in [2.24, 2.45) is 0 Å². The summed E-state index contributed by atoms with van der Waals surface area (Å²) in [5.74, 6) is 0. The van der Waals surface area contributed by atoms with Gasteiger partial charge < -0.3 is 21.2 Å². The molecule has 0 atom stereocenters. The van der Waals surface area contributed by atoms with E-state index in [4.69, 9.17) is 15.1 Å². The Hall–Kier alpha value is 0.335. The van der Waals surface area contributed by atoms with Crippen LogP contribution in [0.4, 0.5) is 0 Å². The summed E-state index contributed by atoms with van der Waals surface area (Å²) in [4.78, 5) is 0. The molecule has 6 N–H and O–H groups in total. The average molecular weight is 296 g/mol. The quantitative estimate of drug-likeness (QED) is 0.388. The number of unbranched alkanes of at least 4 members (excludes halogenated alkanes) is 3. The molecule has 0 aromatic heterocycles. The molecule has 0 radical (unpaired) electrons. The Morgan fingerprint density at radius 1 is 0.737 bits per heavy atom. The minimum Gasteiger partial charge on any atom is -0.402 e. The normalized spacial score (nSPS) is 10.3. The van der Waals surface area contributed by atoms with Crippen LogP contribution in [-0.4, -0.2) is 47.5 Å². The molecular formula is C13H36BNO3P+. The van der Waals surface area contributed by atoms with Crippen LogP contribution in [0.25, 0.3) is 0 Å². The molecule has 0 rings (SSSR count). The van der Waals surface area contributed by atoms with Crippen molar-refractivity contribution in [2.75, 3.05) is 25.2 Å². The second-order valence-electron chi connectivity index (χ2n) is 5.20. The molecule has 0 saturated carbocycles. The second-order valence-corrected chi connectivity index (χ2v) is 9.78. The van der Waals surface area contributed by atoms with E-state index in [9.17, 15) is 0 Å². The number of hydrogen-bond donors (Lipinski definition) is 4. The van der Waals surface area contributed by atoms with Gasteiger partial charge in [-0.15, -0.1) is 0 Å². The zero-order chi connectivity index (χ0) is 14.4. The molecule has 0 amide bonds. The summed E-state index contributed by atoms with van der Waals surface area (Å²) in [6, 6.07) is 0. The summed E-state index contributed by atoms with van der Waals surface area (Å²) < 4.78 is 0. The van der Waals surface area contributed by atoms with Crippen molar-refractivity contribution in [3.63, 3.8) is 0 Å². The topological polar surface area (TPSA) is 95.7 Å². The third kappa shape index (κ3) is 20.8. The molecule has 0 spiro atoms. The van der Waals surface area contributed by atoms with Gasteiger partial charge in [0.25, 0.3) is 0 Å². The lowest BCUT2D eigenvalue weighted by atomic mass is 10.3. The zero-order valence-corrected chi connectivity index (χ0v) is 14.3. The lowest BCUT2D eigenvalue weighted by Crippen LogP contribution is -2.07. The van der Waals surface area contributed by atoms with Crippen LogP contribution in [0.1, 0.15) is 59.3 Å². The predicted molar refractivity (Wildman–Crippen MR) is 89.6 cm³/mol. The molecule has 0 heterocycles. The standard InChI is InChI=1S/C13H30P.BH3O3.H3N/c1-5-8-11-14(4,12-9-6-2)13-10-7-3;2-1(3)4;/h5-13H2,1-4H3;2-4H;1H3/q+1;;. The fourth-order valence-corrected chi connectivity index (χ4v) is 5.86. The van der Waals surface area contributed by atoms with E-state index in [0.717, 1.165) is 0 Å². The van der Waals surface area contributed by atoms with Crippen LogP contribution >= 0.6 is 7.26 Å². The average Bonchev–Trinajstić information content (AvgIpc) is 2.31. The first-order valence-electron chi connectivity index (χ1n) is 7.29. The van der Waals surface area contributed by atoms with Gasteiger partial charge in [0.1, 0.15) is 0 Å². The molecule has 0 saturated heterocycles. The van der Waals surface area contributed by atoms with Gasteiger partial charge in [-0.05, 0) is 19.3 Å². The highest BCUT2D eigenvalue weighted by molar-refractivity contribution is 7.75. The SMILES string of the molecule is CCCC[P+](C)(CCCC)CCCC.N.OB(O)O. The van der Waals surface area contributed by atoms with Crippen molar-refractivity contribution in [1.29, 1.82) is 0 Å². The molecule has 6 heteroatoms. The first kappa shape index (κ1) is 24.4. The fraction of sp³-hybridized carbons (Fsp3) is 1.00. The molecule has 19 heavy (non-hydrogen) atoms. The van der Waals surface area contributed by atoms with E-state index < -0.39 is 14.6 Å². The van der Waals surface area contributed by atoms with E-state index in [1.807, 2.05) is 0 Å². The van der Waals surface area contributed by atoms with Crippen LogP contribution in [0.2, 0.25) is 0 Å². The Labute approximate surface area is 121 Å². The molecule has 118 valence electrons. The summed E-state index contributed by atoms with van der Waals surface area (Å²) in [5.41, 5.74) is 0. The van der Waals surface area contributed by atoms with Gasteiger partial charge in [0, 0.05) is 13.9 Å². The van der Waals surface area contributed by atoms with E-state index in [1.165, 1.54) is 38.5 Å². The van der Waals surface area contributed by atoms with E-state index in [0.29, 0.717) is 0 Å². The Bertz CT molecular complexity index is 149. The lowest BCUT2D eigenvalue weighted by Gasteiger charge is -2.22. The molecule has 0 aromatic rings. The highest BCUT2D eigenvalue weighted by Crippen LogP contribution is 2.57. The van der Waals surface area contributed by atoms with Gasteiger partial charge in [0.2, 0.25) is 0 Å². The van der Waals surface area contributed by atoms with Crippen molar-refractivity contribution in [3.8, 4) is 0 Å². The van der Waals surface area contributed by atoms with Gasteiger partial charge in [0.05, 0.1) is 18.5 Å². The second kappa shape index (κ2) is 16.4. The molecule has 0 aliphatic rings. The van der Waals surface area contributed by atoms with Crippen LogP contribution < -0.4 is 6.15 Å². The maximum atomic E-state index is 7.17. The fourth-order valence-electron chi connectivity index (χ4n) is 1.95. The maximum absolute atomic E-state index is 7.17. The first-order valence-corrected chi connectivity index (χ1v) is 10.1. The molecule has 0 aliphatic heterocycles. The molecule has 4 nitrogen and oxygen atoms in total. The van der Waals surface area contributed by atoms with Gasteiger partial charge >= 0.3 is 7.32 Å². The van der Waals surface area contributed by atoms with Gasteiger partial charge in [-0.2, -0.15) is 0 Å². The van der Waals surface area contributed by atoms with Gasteiger partial charge in [0.15, 0.2) is 0 Å². The van der Waals surface area contributed by atoms with Gasteiger partial charge in [-0.1, -0.05) is 40.0 Å². The highest BCUT2D eigenvalue weighted by atomic mass is 31.2. The number of hydrogen-bond acceptors (Lipinski definition) is 4. The minimum atomic E-state index is -2.17. The van der Waals surface area contributed by atoms with Crippen LogP contribution in [0, 0.1) is 0 Å². The largest absolute Gasteiger partial charge is 0.631 e. The monoisotopic (exact) mass is 296 g/mol. The van der Waals surface area contributed by atoms with Crippen molar-refractivity contribution < 1.29 is 15.1 Å². The third-order valence-corrected chi connectivity index (χ3v) is 7.34. The first-order chi connectivity index (χ1) is 8.41. The Morgan fingerprint density at radius 3 is 1.11 bits per heavy atom. The van der Waals surface area contributed by atoms with Crippen molar-refractivity contribution in [1.82, 2.24) is 6.15 Å². The molecule has 0 aromatic carbocycles. The highest BCUT2D eigenvalue weighted by Gasteiger charge is 2.28. The van der Waals surface area contributed by atoms with Crippen molar-refractivity contribution in [2.45, 2.75) is 59.3 Å². The zero-order valence-electron chi connectivity index (χ0n) is 13.4. The van der Waals surface area contributed by atoms with E-state index in [-0.39, 0.29) is 6.15 Å². The van der Waals surface area contributed by atoms with Gasteiger partial charge in [-0.3, -0.25) is 0 Å². The van der Waals surface area contributed by atoms with Crippen LogP contribution in [0.15, 0.2) is 0 Å². The molecule has 0 unspecified atom stereocenters. The summed E-state index contributed by atoms with van der Waals surface area (Å²) >= 11 is 0. The molecule has 0 aliphatic carbocycles. The Balaban J connectivity index is -0.000000448. The Morgan fingerprint density at radius 2 is 0.947 bits per heavy atom. The predicted octanol–water partition coefficient (Wildman–Crippen LogP) is 3.14. The molecule has 0 bridgehead atoms. The third-order valence-electron chi connectivity index (χ3n) is 3.15. The van der Waals surface area contributed by atoms with E-state index >= 15 is 0 Å². The van der Waals surface area contributed by atoms with Crippen molar-refractivity contribution in [3.05, 3.63) is 0 Å². The minimum absolute atomic E-state index is 0. The smallest absolute Gasteiger partial charge is 0.402 e. The maximum Gasteiger partial charge on any atom is 0.631 e. The number of rotatable bonds is 9. The van der Waals surface area contributed by atoms with E-state index in [2.05, 4.69) is 27.4 Å². The molecular weight excluding hydrogens is 260 g/mol. The van der Waals surface area contributed by atoms with Crippen LogP contribution in [0.3, 0.4) is 0 Å². The summed E-state index contributed by atoms with van der Waals surface area (Å²) in [6.07, 6.45) is 13.2. The van der Waals surface area contributed by atoms with Crippen LogP contribution in [-0.2, 0) is 0 Å². The Kier molecular flexibility index (Phi) is 21.0. The van der Waals surface area contributed by atoms with E-state index in [1.54, 1.807) is 18.5 Å². The summed E-state index contributed by atoms with van der Waals surface area (Å²) in [7, 11) is -2.69. The van der Waals surface area contributed by atoms with Crippen LogP contribution in [0.5, 0.6) is 0 Å². The lowest BCUT2D eigenvalue weighted by molar-refractivity contribution is 0.278. The van der Waals surface area contributed by atoms with Gasteiger partial charge in [-0.25, -0.2) is 0 Å². The molecule has 0 fully saturated rings.